The van der Waals surface area contributed by atoms with Gasteiger partial charge in [-0.1, -0.05) is 60.3 Å². The first-order valence-corrected chi connectivity index (χ1v) is 11.3. The molecule has 7 nitrogen and oxygen atoms in total. The number of likely N-dealkylation sites (tertiary alicyclic amines) is 1. The Labute approximate surface area is 199 Å². The largest absolute Gasteiger partial charge is 0.443 e. The van der Waals surface area contributed by atoms with E-state index in [-0.39, 0.29) is 6.42 Å². The first-order chi connectivity index (χ1) is 14.1. The Morgan fingerprint density at radius 2 is 1.84 bits per heavy atom. The molecule has 0 aromatic rings. The van der Waals surface area contributed by atoms with Gasteiger partial charge >= 0.3 is 6.09 Å². The second-order valence-electron chi connectivity index (χ2n) is 8.84. The normalized spacial score (nSPS) is 23.0. The molecule has 0 aromatic heterocycles. The summed E-state index contributed by atoms with van der Waals surface area (Å²) in [5.74, 6) is -1.67. The maximum absolute atomic E-state index is 13.0. The second-order valence-corrected chi connectivity index (χ2v) is 11.1. The van der Waals surface area contributed by atoms with Crippen molar-refractivity contribution in [1.82, 2.24) is 10.2 Å². The Hall–Kier alpha value is -1.02. The van der Waals surface area contributed by atoms with E-state index in [0.29, 0.717) is 12.8 Å². The minimum Gasteiger partial charge on any atom is -0.443 e. The van der Waals surface area contributed by atoms with E-state index >= 15 is 0 Å². The van der Waals surface area contributed by atoms with Crippen LogP contribution in [-0.2, 0) is 19.1 Å². The fourth-order valence-electron chi connectivity index (χ4n) is 3.84. The number of carbonyl (C=O) groups excluding carboxylic acids is 3. The lowest BCUT2D eigenvalue weighted by atomic mass is 9.81. The van der Waals surface area contributed by atoms with Crippen molar-refractivity contribution in [3.8, 4) is 0 Å². The molecule has 10 heteroatoms. The van der Waals surface area contributed by atoms with Gasteiger partial charge in [-0.3, -0.25) is 9.59 Å². The van der Waals surface area contributed by atoms with Gasteiger partial charge in [0.1, 0.15) is 5.60 Å². The van der Waals surface area contributed by atoms with Gasteiger partial charge in [-0.25, -0.2) is 9.69 Å². The number of nitrogens with zero attached hydrogens (tertiary/aromatic N) is 1. The summed E-state index contributed by atoms with van der Waals surface area (Å²) in [6.45, 7) is 10.7. The van der Waals surface area contributed by atoms with E-state index in [1.54, 1.807) is 33.8 Å². The Bertz CT molecular complexity index is 702. The molecule has 1 fully saturated rings. The number of halogens is 3. The topological polar surface area (TPSA) is 84.9 Å². The van der Waals surface area contributed by atoms with Crippen molar-refractivity contribution >= 4 is 52.7 Å². The van der Waals surface area contributed by atoms with Gasteiger partial charge in [0, 0.05) is 19.4 Å². The summed E-state index contributed by atoms with van der Waals surface area (Å²) in [6.07, 6.45) is 4.12. The monoisotopic (exact) mass is 498 g/mol. The van der Waals surface area contributed by atoms with Gasteiger partial charge in [-0.2, -0.15) is 0 Å². The van der Waals surface area contributed by atoms with E-state index < -0.39 is 50.9 Å². The molecular weight excluding hydrogens is 467 g/mol. The Kier molecular flexibility index (Phi) is 9.70. The van der Waals surface area contributed by atoms with Gasteiger partial charge in [0.15, 0.2) is 0 Å². The van der Waals surface area contributed by atoms with Gasteiger partial charge in [0.25, 0.3) is 9.70 Å². The Morgan fingerprint density at radius 1 is 1.26 bits per heavy atom. The highest BCUT2D eigenvalue weighted by Crippen LogP contribution is 2.38. The van der Waals surface area contributed by atoms with E-state index in [9.17, 15) is 14.4 Å². The van der Waals surface area contributed by atoms with Gasteiger partial charge in [-0.15, -0.1) is 0 Å². The maximum Gasteiger partial charge on any atom is 0.417 e. The average molecular weight is 500 g/mol. The van der Waals surface area contributed by atoms with Crippen LogP contribution in [-0.4, -0.2) is 57.0 Å². The van der Waals surface area contributed by atoms with Crippen LogP contribution < -0.4 is 5.32 Å². The highest BCUT2D eigenvalue weighted by Gasteiger charge is 2.54. The van der Waals surface area contributed by atoms with Gasteiger partial charge < -0.3 is 14.8 Å². The van der Waals surface area contributed by atoms with Crippen molar-refractivity contribution in [2.24, 2.45) is 5.92 Å². The van der Waals surface area contributed by atoms with Crippen LogP contribution in [0.4, 0.5) is 4.79 Å². The Balaban J connectivity index is 3.59. The highest BCUT2D eigenvalue weighted by atomic mass is 35.6. The first-order valence-electron chi connectivity index (χ1n) is 10.2. The fourth-order valence-corrected chi connectivity index (χ4v) is 4.01. The smallest absolute Gasteiger partial charge is 0.417 e. The average Bonchev–Trinajstić information content (AvgIpc) is 2.93. The molecular formula is C21H33Cl3N2O5. The SMILES string of the molecule is C/C=C\[C@@H]1CC(=O)N(C(=O)OC(C)(C)C)[C@H]1[C@@H](NC(=O)C(Cl)(Cl)Cl)[C@](C)(CCC)OC. The number of methoxy groups -OCH3 is 1. The summed E-state index contributed by atoms with van der Waals surface area (Å²) < 4.78 is 9.06. The molecule has 3 amide bonds. The number of ether oxygens (including phenoxy) is 2. The molecule has 1 saturated heterocycles. The lowest BCUT2D eigenvalue weighted by molar-refractivity contribution is -0.133. The molecule has 0 aliphatic carbocycles. The summed E-state index contributed by atoms with van der Waals surface area (Å²) in [4.78, 5) is 39.6. The third-order valence-corrected chi connectivity index (χ3v) is 5.72. The zero-order valence-electron chi connectivity index (χ0n) is 19.1. The number of rotatable bonds is 7. The molecule has 178 valence electrons. The molecule has 1 aliphatic rings. The molecule has 1 aliphatic heterocycles. The molecule has 31 heavy (non-hydrogen) atoms. The standard InChI is InChI=1S/C21H33Cl3N2O5/c1-8-10-13-12-14(27)26(18(29)31-19(3,4)5)15(13)16(20(6,30-7)11-9-2)25-17(28)21(22,23)24/h8,10,13,15-16H,9,11-12H2,1-7H3,(H,25,28)/b10-8-/t13-,15-,16-,20+/m1/s1. The van der Waals surface area contributed by atoms with Crippen molar-refractivity contribution < 1.29 is 23.9 Å². The number of amides is 3. The van der Waals surface area contributed by atoms with Crippen LogP contribution in [0.2, 0.25) is 0 Å². The molecule has 0 unspecified atom stereocenters. The van der Waals surface area contributed by atoms with Crippen molar-refractivity contribution in [2.45, 2.75) is 87.9 Å². The van der Waals surface area contributed by atoms with Crippen molar-refractivity contribution in [3.05, 3.63) is 12.2 Å². The van der Waals surface area contributed by atoms with Gasteiger partial charge in [0.05, 0.1) is 17.7 Å². The zero-order valence-corrected chi connectivity index (χ0v) is 21.4. The predicted octanol–water partition coefficient (Wildman–Crippen LogP) is 4.77. The molecule has 4 atom stereocenters. The van der Waals surface area contributed by atoms with Crippen LogP contribution >= 0.6 is 34.8 Å². The predicted molar refractivity (Wildman–Crippen MR) is 122 cm³/mol. The first kappa shape index (κ1) is 28.0. The number of imide groups is 1. The van der Waals surface area contributed by atoms with Gasteiger partial charge in [-0.05, 0) is 41.0 Å². The number of carbonyl (C=O) groups is 3. The summed E-state index contributed by atoms with van der Waals surface area (Å²) in [7, 11) is 1.50. The zero-order chi connectivity index (χ0) is 24.2. The fraction of sp³-hybridized carbons (Fsp3) is 0.762. The summed E-state index contributed by atoms with van der Waals surface area (Å²) >= 11 is 17.4. The summed E-state index contributed by atoms with van der Waals surface area (Å²) in [5, 5.41) is 2.74. The molecule has 1 rings (SSSR count). The van der Waals surface area contributed by atoms with Crippen LogP contribution in [0.5, 0.6) is 0 Å². The number of hydrogen-bond donors (Lipinski definition) is 1. The third-order valence-electron chi connectivity index (χ3n) is 5.20. The van der Waals surface area contributed by atoms with Crippen LogP contribution in [0.3, 0.4) is 0 Å². The highest BCUT2D eigenvalue weighted by molar-refractivity contribution is 6.76. The van der Waals surface area contributed by atoms with Crippen LogP contribution in [0.25, 0.3) is 0 Å². The molecule has 0 aromatic carbocycles. The molecule has 1 heterocycles. The number of alkyl halides is 3. The van der Waals surface area contributed by atoms with Crippen LogP contribution in [0.15, 0.2) is 12.2 Å². The van der Waals surface area contributed by atoms with E-state index in [0.717, 1.165) is 4.90 Å². The summed E-state index contributed by atoms with van der Waals surface area (Å²) in [5.41, 5.74) is -1.78. The molecule has 0 bridgehead atoms. The van der Waals surface area contributed by atoms with E-state index in [2.05, 4.69) is 5.32 Å². The lowest BCUT2D eigenvalue weighted by Crippen LogP contribution is -2.65. The van der Waals surface area contributed by atoms with Crippen LogP contribution in [0.1, 0.15) is 60.8 Å². The lowest BCUT2D eigenvalue weighted by Gasteiger charge is -2.44. The molecule has 0 radical (unpaired) electrons. The van der Waals surface area contributed by atoms with Crippen LogP contribution in [0, 0.1) is 5.92 Å². The van der Waals surface area contributed by atoms with Crippen molar-refractivity contribution in [2.75, 3.05) is 7.11 Å². The summed E-state index contributed by atoms with van der Waals surface area (Å²) in [6, 6.07) is -1.66. The maximum atomic E-state index is 13.0. The molecule has 0 saturated carbocycles. The molecule has 0 spiro atoms. The van der Waals surface area contributed by atoms with Crippen molar-refractivity contribution in [3.63, 3.8) is 0 Å². The minimum atomic E-state index is -2.23. The third kappa shape index (κ3) is 7.24. The molecule has 1 N–H and O–H groups in total. The number of nitrogens with one attached hydrogen (secondary N) is 1. The minimum absolute atomic E-state index is 0.0697. The van der Waals surface area contributed by atoms with Crippen molar-refractivity contribution in [1.29, 1.82) is 0 Å². The Morgan fingerprint density at radius 3 is 2.26 bits per heavy atom. The van der Waals surface area contributed by atoms with Gasteiger partial charge in [0.2, 0.25) is 5.91 Å². The van der Waals surface area contributed by atoms with E-state index in [1.165, 1.54) is 7.11 Å². The van der Waals surface area contributed by atoms with E-state index in [4.69, 9.17) is 44.3 Å². The number of allylic oxidation sites excluding steroid dienone is 1. The second kappa shape index (κ2) is 10.7. The quantitative estimate of drug-likeness (QED) is 0.403. The van der Waals surface area contributed by atoms with E-state index in [1.807, 2.05) is 19.9 Å². The number of hydrogen-bond acceptors (Lipinski definition) is 5.